The molecule has 0 aliphatic heterocycles. The summed E-state index contributed by atoms with van der Waals surface area (Å²) in [7, 11) is 2.34. The fraction of sp³-hybridized carbons (Fsp3) is 1.00. The summed E-state index contributed by atoms with van der Waals surface area (Å²) in [6.45, 7) is 8.68. The molecular weight excluding hydrogens is 143 g/mol. The topological polar surface area (TPSA) is 9.23 Å². The van der Waals surface area contributed by atoms with Gasteiger partial charge in [-0.15, -0.1) is 0 Å². The molecule has 1 nitrogen and oxygen atoms in total. The van der Waals surface area contributed by atoms with Crippen LogP contribution in [0, 0.1) is 5.92 Å². The van der Waals surface area contributed by atoms with E-state index < -0.39 is 0 Å². The van der Waals surface area contributed by atoms with Crippen molar-refractivity contribution >= 4 is 9.47 Å². The van der Waals surface area contributed by atoms with E-state index in [0.717, 1.165) is 0 Å². The van der Waals surface area contributed by atoms with Crippen LogP contribution in [-0.2, 0) is 4.52 Å². The summed E-state index contributed by atoms with van der Waals surface area (Å²) in [5.41, 5.74) is 0.0146. The van der Waals surface area contributed by atoms with E-state index in [1.165, 1.54) is 12.8 Å². The normalized spacial score (nSPS) is 15.3. The lowest BCUT2D eigenvalue weighted by atomic mass is 9.89. The summed E-state index contributed by atoms with van der Waals surface area (Å²) in [6.07, 6.45) is 2.47. The monoisotopic (exact) mass is 162 g/mol. The van der Waals surface area contributed by atoms with Crippen LogP contribution in [0.15, 0.2) is 0 Å². The lowest BCUT2D eigenvalue weighted by Gasteiger charge is -2.29. The number of hydrogen-bond acceptors (Lipinski definition) is 1. The van der Waals surface area contributed by atoms with Crippen LogP contribution in [0.1, 0.15) is 40.5 Å². The molecule has 0 aromatic rings. The molecule has 0 rings (SSSR count). The van der Waals surface area contributed by atoms with Crippen LogP contribution in [0.2, 0.25) is 0 Å². The molecule has 0 aromatic carbocycles. The Kier molecular flexibility index (Phi) is 4.47. The van der Waals surface area contributed by atoms with E-state index in [4.69, 9.17) is 4.52 Å². The van der Waals surface area contributed by atoms with Crippen molar-refractivity contribution in [3.63, 3.8) is 0 Å². The molecule has 0 aliphatic carbocycles. The Morgan fingerprint density at radius 3 is 2.30 bits per heavy atom. The second-order valence-corrected chi connectivity index (χ2v) is 3.65. The number of rotatable bonds is 4. The van der Waals surface area contributed by atoms with E-state index in [0.29, 0.717) is 5.92 Å². The van der Waals surface area contributed by atoms with Gasteiger partial charge in [0.25, 0.3) is 0 Å². The van der Waals surface area contributed by atoms with Crippen LogP contribution in [0.4, 0.5) is 0 Å². The minimum atomic E-state index is 0.0146. The van der Waals surface area contributed by atoms with Crippen molar-refractivity contribution in [3.05, 3.63) is 0 Å². The van der Waals surface area contributed by atoms with Gasteiger partial charge in [-0.25, -0.2) is 0 Å². The fourth-order valence-electron chi connectivity index (χ4n) is 0.897. The van der Waals surface area contributed by atoms with Crippen LogP contribution in [0.5, 0.6) is 0 Å². The second-order valence-electron chi connectivity index (χ2n) is 3.41. The average Bonchev–Trinajstić information content (AvgIpc) is 1.89. The van der Waals surface area contributed by atoms with Gasteiger partial charge in [-0.2, -0.15) is 0 Å². The van der Waals surface area contributed by atoms with Gasteiger partial charge >= 0.3 is 0 Å². The minimum Gasteiger partial charge on any atom is -0.360 e. The van der Waals surface area contributed by atoms with E-state index in [1.807, 2.05) is 0 Å². The summed E-state index contributed by atoms with van der Waals surface area (Å²) in [5, 5.41) is 0. The lowest BCUT2D eigenvalue weighted by molar-refractivity contribution is 0.0689. The SMILES string of the molecule is CCCC(C)C(C)(C)OP. The largest absolute Gasteiger partial charge is 0.360 e. The minimum absolute atomic E-state index is 0.0146. The lowest BCUT2D eigenvalue weighted by Crippen LogP contribution is -2.29. The third-order valence-electron chi connectivity index (χ3n) is 2.21. The van der Waals surface area contributed by atoms with Crippen LogP contribution in [-0.4, -0.2) is 5.60 Å². The fourth-order valence-corrected chi connectivity index (χ4v) is 1.13. The van der Waals surface area contributed by atoms with Crippen molar-refractivity contribution in [1.82, 2.24) is 0 Å². The maximum atomic E-state index is 5.27. The van der Waals surface area contributed by atoms with E-state index in [1.54, 1.807) is 0 Å². The highest BCUT2D eigenvalue weighted by atomic mass is 31.0. The van der Waals surface area contributed by atoms with Gasteiger partial charge in [0, 0.05) is 9.47 Å². The van der Waals surface area contributed by atoms with Crippen LogP contribution < -0.4 is 0 Å². The molecule has 0 aromatic heterocycles. The first kappa shape index (κ1) is 10.4. The molecule has 0 aliphatic rings. The Morgan fingerprint density at radius 1 is 1.50 bits per heavy atom. The van der Waals surface area contributed by atoms with Gasteiger partial charge in [-0.1, -0.05) is 20.3 Å². The Bertz CT molecular complexity index is 91.3. The van der Waals surface area contributed by atoms with E-state index in [-0.39, 0.29) is 5.60 Å². The molecule has 0 bridgehead atoms. The summed E-state index contributed by atoms with van der Waals surface area (Å²) < 4.78 is 5.27. The van der Waals surface area contributed by atoms with Gasteiger partial charge in [-0.05, 0) is 26.2 Å². The molecule has 0 radical (unpaired) electrons. The highest BCUT2D eigenvalue weighted by Crippen LogP contribution is 2.26. The van der Waals surface area contributed by atoms with Crippen molar-refractivity contribution in [2.75, 3.05) is 0 Å². The molecular formula is C8H19OP. The first-order chi connectivity index (χ1) is 4.54. The zero-order chi connectivity index (χ0) is 8.20. The Labute approximate surface area is 66.8 Å². The highest BCUT2D eigenvalue weighted by Gasteiger charge is 2.23. The molecule has 0 saturated heterocycles. The molecule has 0 spiro atoms. The molecule has 0 fully saturated rings. The predicted octanol–water partition coefficient (Wildman–Crippen LogP) is 3.01. The Morgan fingerprint density at radius 2 is 2.00 bits per heavy atom. The van der Waals surface area contributed by atoms with E-state index >= 15 is 0 Å². The van der Waals surface area contributed by atoms with Gasteiger partial charge in [0.15, 0.2) is 0 Å². The van der Waals surface area contributed by atoms with Crippen molar-refractivity contribution in [1.29, 1.82) is 0 Å². The maximum Gasteiger partial charge on any atom is 0.0687 e. The van der Waals surface area contributed by atoms with Crippen LogP contribution >= 0.6 is 9.47 Å². The summed E-state index contributed by atoms with van der Waals surface area (Å²) >= 11 is 0. The second kappa shape index (κ2) is 4.31. The van der Waals surface area contributed by atoms with Gasteiger partial charge in [0.1, 0.15) is 0 Å². The van der Waals surface area contributed by atoms with E-state index in [2.05, 4.69) is 37.2 Å². The maximum absolute atomic E-state index is 5.27. The van der Waals surface area contributed by atoms with Crippen molar-refractivity contribution < 1.29 is 4.52 Å². The average molecular weight is 162 g/mol. The molecule has 62 valence electrons. The van der Waals surface area contributed by atoms with Gasteiger partial charge < -0.3 is 4.52 Å². The standard InChI is InChI=1S/C8H19OP/c1-5-6-7(2)8(3,4)9-10/h7H,5-6,10H2,1-4H3. The molecule has 10 heavy (non-hydrogen) atoms. The quantitative estimate of drug-likeness (QED) is 0.577. The van der Waals surface area contributed by atoms with E-state index in [9.17, 15) is 0 Å². The molecule has 0 heterocycles. The van der Waals surface area contributed by atoms with Crippen LogP contribution in [0.3, 0.4) is 0 Å². The smallest absolute Gasteiger partial charge is 0.0687 e. The first-order valence-electron chi connectivity index (χ1n) is 3.92. The molecule has 2 unspecified atom stereocenters. The third kappa shape index (κ3) is 2.98. The van der Waals surface area contributed by atoms with Gasteiger partial charge in [0.05, 0.1) is 5.60 Å². The van der Waals surface area contributed by atoms with Gasteiger partial charge in [0.2, 0.25) is 0 Å². The Balaban J connectivity index is 3.78. The number of hydrogen-bond donors (Lipinski definition) is 0. The molecule has 2 atom stereocenters. The highest BCUT2D eigenvalue weighted by molar-refractivity contribution is 7.09. The predicted molar refractivity (Wildman–Crippen MR) is 48.9 cm³/mol. The van der Waals surface area contributed by atoms with Gasteiger partial charge in [-0.3, -0.25) is 0 Å². The molecule has 2 heteroatoms. The van der Waals surface area contributed by atoms with Crippen molar-refractivity contribution in [3.8, 4) is 0 Å². The van der Waals surface area contributed by atoms with Crippen LogP contribution in [0.25, 0.3) is 0 Å². The summed E-state index contributed by atoms with van der Waals surface area (Å²) in [6, 6.07) is 0. The summed E-state index contributed by atoms with van der Waals surface area (Å²) in [5.74, 6) is 0.634. The third-order valence-corrected chi connectivity index (χ3v) is 2.82. The molecule has 0 N–H and O–H groups in total. The zero-order valence-electron chi connectivity index (χ0n) is 7.48. The Hall–Kier alpha value is 0.390. The van der Waals surface area contributed by atoms with Crippen molar-refractivity contribution in [2.24, 2.45) is 5.92 Å². The zero-order valence-corrected chi connectivity index (χ0v) is 8.63. The molecule has 0 amide bonds. The van der Waals surface area contributed by atoms with Crippen molar-refractivity contribution in [2.45, 2.75) is 46.1 Å². The first-order valence-corrected chi connectivity index (χ1v) is 4.39. The summed E-state index contributed by atoms with van der Waals surface area (Å²) in [4.78, 5) is 0. The molecule has 0 saturated carbocycles.